The van der Waals surface area contributed by atoms with E-state index in [1.807, 2.05) is 0 Å². The highest BCUT2D eigenvalue weighted by atomic mass is 31.2. The van der Waals surface area contributed by atoms with Crippen molar-refractivity contribution in [3.05, 3.63) is 0 Å². The van der Waals surface area contributed by atoms with Crippen LogP contribution in [0, 0.1) is 11.8 Å². The Morgan fingerprint density at radius 2 is 0.465 bits per heavy atom. The van der Waals surface area contributed by atoms with E-state index < -0.39 is 97.5 Å². The zero-order valence-corrected chi connectivity index (χ0v) is 66.6. The molecule has 0 bridgehead atoms. The second-order valence-electron chi connectivity index (χ2n) is 29.8. The lowest BCUT2D eigenvalue weighted by molar-refractivity contribution is -0.161. The first-order valence-electron chi connectivity index (χ1n) is 41.5. The Morgan fingerprint density at radius 1 is 0.273 bits per heavy atom. The molecule has 17 nitrogen and oxygen atoms in total. The number of carbonyl (C=O) groups excluding carboxylic acids is 4. The van der Waals surface area contributed by atoms with Crippen molar-refractivity contribution in [3.63, 3.8) is 0 Å². The minimum Gasteiger partial charge on any atom is -0.462 e. The molecule has 0 spiro atoms. The molecule has 2 unspecified atom stereocenters. The fraction of sp³-hybridized carbons (Fsp3) is 0.950. The molecule has 0 aliphatic heterocycles. The van der Waals surface area contributed by atoms with E-state index in [1.54, 1.807) is 0 Å². The Morgan fingerprint density at radius 3 is 0.687 bits per heavy atom. The van der Waals surface area contributed by atoms with Gasteiger partial charge in [0.1, 0.15) is 19.3 Å². The Hall–Kier alpha value is -1.94. The van der Waals surface area contributed by atoms with E-state index in [-0.39, 0.29) is 25.7 Å². The van der Waals surface area contributed by atoms with Crippen LogP contribution in [0.2, 0.25) is 0 Å². The number of phosphoric acid groups is 2. The molecule has 0 radical (unpaired) electrons. The summed E-state index contributed by atoms with van der Waals surface area (Å²) < 4.78 is 68.7. The molecule has 99 heavy (non-hydrogen) atoms. The minimum atomic E-state index is -4.96. The Labute approximate surface area is 607 Å². The van der Waals surface area contributed by atoms with Gasteiger partial charge in [-0.1, -0.05) is 369 Å². The van der Waals surface area contributed by atoms with Gasteiger partial charge in [0.15, 0.2) is 12.2 Å². The summed E-state index contributed by atoms with van der Waals surface area (Å²) in [5.41, 5.74) is 0. The number of hydrogen-bond acceptors (Lipinski definition) is 15. The molecule has 5 atom stereocenters. The standard InChI is InChI=1S/C80H156O17P2/c1-7-9-11-13-15-17-19-21-23-24-25-26-27-29-33-40-47-53-59-65-80(85)96-75(68-90-77(82)62-56-50-44-38-34-30-31-36-42-48-54-60-72(3)4)70-94-98(86,87)92-66-74(81)67-93-99(88,89)95-71-76(69-91-78(83)63-57-51-45-41-35-37-43-49-55-61-73(5)6)97-79(84)64-58-52-46-39-32-28-22-20-18-16-14-12-10-8-2/h72-76,81H,7-71H2,1-6H3,(H,86,87)(H,88,89)/t74-,75-,76-/m1/s1. The van der Waals surface area contributed by atoms with Gasteiger partial charge in [0.05, 0.1) is 26.4 Å². The van der Waals surface area contributed by atoms with E-state index in [9.17, 15) is 43.2 Å². The molecule has 0 fully saturated rings. The van der Waals surface area contributed by atoms with Crippen molar-refractivity contribution in [3.8, 4) is 0 Å². The molecule has 0 rings (SSSR count). The summed E-state index contributed by atoms with van der Waals surface area (Å²) in [5, 5.41) is 10.6. The van der Waals surface area contributed by atoms with Crippen molar-refractivity contribution < 1.29 is 80.2 Å². The van der Waals surface area contributed by atoms with Crippen LogP contribution in [0.5, 0.6) is 0 Å². The first kappa shape index (κ1) is 97.1. The van der Waals surface area contributed by atoms with Crippen LogP contribution >= 0.6 is 15.6 Å². The van der Waals surface area contributed by atoms with Gasteiger partial charge in [-0.15, -0.1) is 0 Å². The fourth-order valence-electron chi connectivity index (χ4n) is 12.4. The summed E-state index contributed by atoms with van der Waals surface area (Å²) in [6.07, 6.45) is 61.0. The number of carbonyl (C=O) groups is 4. The highest BCUT2D eigenvalue weighted by Crippen LogP contribution is 2.45. The van der Waals surface area contributed by atoms with Crippen LogP contribution in [0.4, 0.5) is 0 Å². The van der Waals surface area contributed by atoms with Crippen LogP contribution in [0.3, 0.4) is 0 Å². The molecule has 0 aromatic rings. The molecule has 0 saturated heterocycles. The number of esters is 4. The van der Waals surface area contributed by atoms with Gasteiger partial charge in [0.25, 0.3) is 0 Å². The van der Waals surface area contributed by atoms with Crippen molar-refractivity contribution in [2.45, 2.75) is 439 Å². The topological polar surface area (TPSA) is 237 Å². The summed E-state index contributed by atoms with van der Waals surface area (Å²) in [4.78, 5) is 73.0. The maximum atomic E-state index is 13.1. The van der Waals surface area contributed by atoms with E-state index in [2.05, 4.69) is 41.5 Å². The van der Waals surface area contributed by atoms with E-state index in [0.29, 0.717) is 25.7 Å². The number of rotatable bonds is 79. The van der Waals surface area contributed by atoms with Gasteiger partial charge in [0.2, 0.25) is 0 Å². The van der Waals surface area contributed by atoms with E-state index >= 15 is 0 Å². The number of aliphatic hydroxyl groups excluding tert-OH is 1. The molecule has 0 aromatic carbocycles. The number of ether oxygens (including phenoxy) is 4. The largest absolute Gasteiger partial charge is 0.472 e. The third-order valence-corrected chi connectivity index (χ3v) is 20.6. The molecular weight excluding hydrogens is 1290 g/mol. The lowest BCUT2D eigenvalue weighted by Gasteiger charge is -2.21. The van der Waals surface area contributed by atoms with Crippen LogP contribution in [0.25, 0.3) is 0 Å². The van der Waals surface area contributed by atoms with Crippen molar-refractivity contribution >= 4 is 39.5 Å². The van der Waals surface area contributed by atoms with Crippen LogP contribution in [0.1, 0.15) is 420 Å². The van der Waals surface area contributed by atoms with E-state index in [4.69, 9.17) is 37.0 Å². The summed E-state index contributed by atoms with van der Waals surface area (Å²) >= 11 is 0. The van der Waals surface area contributed by atoms with Gasteiger partial charge in [-0.25, -0.2) is 9.13 Å². The quantitative estimate of drug-likeness (QED) is 0.0222. The maximum absolute atomic E-state index is 13.1. The average Bonchev–Trinajstić information content (AvgIpc) is 1.00. The van der Waals surface area contributed by atoms with E-state index in [1.165, 1.54) is 238 Å². The molecule has 3 N–H and O–H groups in total. The first-order valence-corrected chi connectivity index (χ1v) is 44.5. The lowest BCUT2D eigenvalue weighted by Crippen LogP contribution is -2.30. The van der Waals surface area contributed by atoms with E-state index in [0.717, 1.165) is 102 Å². The van der Waals surface area contributed by atoms with Crippen molar-refractivity contribution in [1.29, 1.82) is 0 Å². The first-order chi connectivity index (χ1) is 47.9. The third-order valence-electron chi connectivity index (χ3n) is 18.7. The zero-order valence-electron chi connectivity index (χ0n) is 64.8. The fourth-order valence-corrected chi connectivity index (χ4v) is 13.9. The van der Waals surface area contributed by atoms with Gasteiger partial charge >= 0.3 is 39.5 Å². The Balaban J connectivity index is 5.25. The molecular formula is C80H156O17P2. The van der Waals surface area contributed by atoms with Crippen molar-refractivity contribution in [1.82, 2.24) is 0 Å². The SMILES string of the molecule is CCCCCCCCCCCCCCCCCCCCCC(=O)O[C@H](COC(=O)CCCCCCCCCCCCCC(C)C)COP(=O)(O)OC[C@@H](O)COP(=O)(O)OC[C@@H](COC(=O)CCCCCCCCCCCC(C)C)OC(=O)CCCCCCCCCCCCCCCC. The second kappa shape index (κ2) is 71.7. The number of unbranched alkanes of at least 4 members (excludes halogenated alkanes) is 49. The molecule has 0 heterocycles. The maximum Gasteiger partial charge on any atom is 0.472 e. The molecule has 0 aliphatic carbocycles. The minimum absolute atomic E-state index is 0.108. The van der Waals surface area contributed by atoms with Gasteiger partial charge in [-0.05, 0) is 37.5 Å². The van der Waals surface area contributed by atoms with Gasteiger partial charge < -0.3 is 33.8 Å². The molecule has 0 amide bonds. The van der Waals surface area contributed by atoms with Crippen molar-refractivity contribution in [2.75, 3.05) is 39.6 Å². The second-order valence-corrected chi connectivity index (χ2v) is 32.7. The summed E-state index contributed by atoms with van der Waals surface area (Å²) in [6, 6.07) is 0. The van der Waals surface area contributed by atoms with Crippen LogP contribution < -0.4 is 0 Å². The molecule has 19 heteroatoms. The normalized spacial score (nSPS) is 13.9. The molecule has 0 aromatic heterocycles. The highest BCUT2D eigenvalue weighted by molar-refractivity contribution is 7.47. The van der Waals surface area contributed by atoms with Gasteiger partial charge in [-0.2, -0.15) is 0 Å². The number of aliphatic hydroxyl groups is 1. The summed E-state index contributed by atoms with van der Waals surface area (Å²) in [5.74, 6) is -0.594. The average molecular weight is 1450 g/mol. The van der Waals surface area contributed by atoms with Crippen LogP contribution in [0.15, 0.2) is 0 Å². The summed E-state index contributed by atoms with van der Waals surface area (Å²) in [6.45, 7) is 9.62. The van der Waals surface area contributed by atoms with Gasteiger partial charge in [0, 0.05) is 25.7 Å². The number of phosphoric ester groups is 2. The van der Waals surface area contributed by atoms with Crippen LogP contribution in [-0.2, 0) is 65.4 Å². The Kier molecular flexibility index (Phi) is 70.3. The molecule has 0 aliphatic rings. The third kappa shape index (κ3) is 74.1. The predicted molar refractivity (Wildman–Crippen MR) is 405 cm³/mol. The summed E-state index contributed by atoms with van der Waals surface area (Å²) in [7, 11) is -9.92. The Bertz CT molecular complexity index is 1910. The van der Waals surface area contributed by atoms with Crippen molar-refractivity contribution in [2.24, 2.45) is 11.8 Å². The highest BCUT2D eigenvalue weighted by Gasteiger charge is 2.30. The number of hydrogen-bond donors (Lipinski definition) is 3. The monoisotopic (exact) mass is 1450 g/mol. The van der Waals surface area contributed by atoms with Gasteiger partial charge in [-0.3, -0.25) is 37.3 Å². The van der Waals surface area contributed by atoms with Crippen LogP contribution in [-0.4, -0.2) is 96.7 Å². The smallest absolute Gasteiger partial charge is 0.462 e. The zero-order chi connectivity index (χ0) is 72.8. The lowest BCUT2D eigenvalue weighted by atomic mass is 10.0. The predicted octanol–water partition coefficient (Wildman–Crippen LogP) is 23.9. The molecule has 588 valence electrons. The molecule has 0 saturated carbocycles.